The van der Waals surface area contributed by atoms with E-state index in [9.17, 15) is 9.59 Å². The Bertz CT molecular complexity index is 654. The summed E-state index contributed by atoms with van der Waals surface area (Å²) in [6.45, 7) is -0.283. The van der Waals surface area contributed by atoms with Crippen molar-refractivity contribution in [2.75, 3.05) is 27.9 Å². The molecule has 0 aromatic heterocycles. The van der Waals surface area contributed by atoms with Gasteiger partial charge in [0.05, 0.1) is 21.3 Å². The number of rotatable bonds is 8. The topological polar surface area (TPSA) is 83.1 Å². The van der Waals surface area contributed by atoms with Gasteiger partial charge in [-0.3, -0.25) is 4.79 Å². The van der Waals surface area contributed by atoms with Crippen LogP contribution in [0.5, 0.6) is 17.2 Å². The van der Waals surface area contributed by atoms with E-state index >= 15 is 0 Å². The van der Waals surface area contributed by atoms with Gasteiger partial charge in [-0.1, -0.05) is 19.3 Å². The lowest BCUT2D eigenvalue weighted by Crippen LogP contribution is -2.38. The summed E-state index contributed by atoms with van der Waals surface area (Å²) in [4.78, 5) is 23.7. The van der Waals surface area contributed by atoms with Crippen molar-refractivity contribution in [1.82, 2.24) is 5.32 Å². The summed E-state index contributed by atoms with van der Waals surface area (Å²) in [5, 5.41) is 2.90. The first-order valence-electron chi connectivity index (χ1n) is 9.01. The number of esters is 1. The molecule has 148 valence electrons. The molecule has 0 bridgehead atoms. The van der Waals surface area contributed by atoms with Crippen LogP contribution in [0.2, 0.25) is 0 Å². The second-order valence-electron chi connectivity index (χ2n) is 6.30. The first kappa shape index (κ1) is 20.6. The molecule has 0 heterocycles. The van der Waals surface area contributed by atoms with E-state index in [2.05, 4.69) is 5.32 Å². The molecule has 0 spiro atoms. The maximum Gasteiger partial charge on any atom is 0.331 e. The van der Waals surface area contributed by atoms with E-state index in [0.29, 0.717) is 22.8 Å². The maximum atomic E-state index is 11.9. The Balaban J connectivity index is 1.89. The van der Waals surface area contributed by atoms with Crippen molar-refractivity contribution in [1.29, 1.82) is 0 Å². The van der Waals surface area contributed by atoms with Gasteiger partial charge in [0.2, 0.25) is 5.75 Å². The molecule has 0 radical (unpaired) electrons. The Hall–Kier alpha value is -2.70. The van der Waals surface area contributed by atoms with Crippen molar-refractivity contribution in [3.8, 4) is 17.2 Å². The van der Waals surface area contributed by atoms with Gasteiger partial charge in [0, 0.05) is 12.1 Å². The summed E-state index contributed by atoms with van der Waals surface area (Å²) in [5.41, 5.74) is 0.674. The molecule has 0 atom stereocenters. The Morgan fingerprint density at radius 3 is 2.22 bits per heavy atom. The van der Waals surface area contributed by atoms with Crippen LogP contribution < -0.4 is 19.5 Å². The first-order chi connectivity index (χ1) is 13.1. The highest BCUT2D eigenvalue weighted by atomic mass is 16.5. The zero-order valence-corrected chi connectivity index (χ0v) is 16.1. The van der Waals surface area contributed by atoms with E-state index in [1.165, 1.54) is 33.8 Å². The number of carbonyl (C=O) groups excluding carboxylic acids is 2. The number of benzene rings is 1. The fourth-order valence-electron chi connectivity index (χ4n) is 3.06. The Morgan fingerprint density at radius 2 is 1.67 bits per heavy atom. The fourth-order valence-corrected chi connectivity index (χ4v) is 3.06. The third-order valence-corrected chi connectivity index (χ3v) is 4.41. The predicted molar refractivity (Wildman–Crippen MR) is 101 cm³/mol. The number of hydrogen-bond acceptors (Lipinski definition) is 6. The van der Waals surface area contributed by atoms with Gasteiger partial charge in [-0.05, 0) is 36.6 Å². The minimum atomic E-state index is -0.595. The molecule has 1 fully saturated rings. The Morgan fingerprint density at radius 1 is 1.04 bits per heavy atom. The molecular weight excluding hydrogens is 350 g/mol. The van der Waals surface area contributed by atoms with Crippen LogP contribution in [0.1, 0.15) is 37.7 Å². The van der Waals surface area contributed by atoms with Crippen molar-refractivity contribution >= 4 is 18.0 Å². The molecule has 0 saturated heterocycles. The fraction of sp³-hybridized carbons (Fsp3) is 0.500. The van der Waals surface area contributed by atoms with Crippen LogP contribution in [0.15, 0.2) is 18.2 Å². The summed E-state index contributed by atoms with van der Waals surface area (Å²) in [7, 11) is 4.56. The van der Waals surface area contributed by atoms with Gasteiger partial charge in [0.15, 0.2) is 18.1 Å². The smallest absolute Gasteiger partial charge is 0.331 e. The minimum absolute atomic E-state index is 0.194. The third-order valence-electron chi connectivity index (χ3n) is 4.41. The van der Waals surface area contributed by atoms with Gasteiger partial charge in [-0.25, -0.2) is 4.79 Å². The van der Waals surface area contributed by atoms with Crippen molar-refractivity contribution in [3.05, 3.63) is 23.8 Å². The van der Waals surface area contributed by atoms with Gasteiger partial charge in [-0.2, -0.15) is 0 Å². The lowest BCUT2D eigenvalue weighted by atomic mass is 9.95. The molecule has 2 rings (SSSR count). The number of carbonyl (C=O) groups is 2. The number of amides is 1. The van der Waals surface area contributed by atoms with Gasteiger partial charge >= 0.3 is 5.97 Å². The molecule has 1 N–H and O–H groups in total. The van der Waals surface area contributed by atoms with Gasteiger partial charge in [0.25, 0.3) is 5.91 Å². The highest BCUT2D eigenvalue weighted by Gasteiger charge is 2.16. The average molecular weight is 377 g/mol. The summed E-state index contributed by atoms with van der Waals surface area (Å²) in [6, 6.07) is 3.61. The van der Waals surface area contributed by atoms with Crippen LogP contribution in [0.4, 0.5) is 0 Å². The molecule has 1 aliphatic rings. The van der Waals surface area contributed by atoms with Crippen LogP contribution in [0, 0.1) is 0 Å². The molecule has 1 aromatic rings. The summed E-state index contributed by atoms with van der Waals surface area (Å²) in [6.07, 6.45) is 8.26. The molecule has 7 heteroatoms. The summed E-state index contributed by atoms with van der Waals surface area (Å²) in [5.74, 6) is 0.576. The lowest BCUT2D eigenvalue weighted by Gasteiger charge is -2.22. The van der Waals surface area contributed by atoms with Gasteiger partial charge < -0.3 is 24.3 Å². The second-order valence-corrected chi connectivity index (χ2v) is 6.30. The van der Waals surface area contributed by atoms with Crippen molar-refractivity contribution in [2.45, 2.75) is 38.1 Å². The molecule has 7 nitrogen and oxygen atoms in total. The lowest BCUT2D eigenvalue weighted by molar-refractivity contribution is -0.144. The van der Waals surface area contributed by atoms with Crippen LogP contribution in [0.25, 0.3) is 6.08 Å². The SMILES string of the molecule is COc1cc(C=CC(=O)OCC(=O)NC2CCCCC2)cc(OC)c1OC. The predicted octanol–water partition coefficient (Wildman–Crippen LogP) is 2.72. The van der Waals surface area contributed by atoms with Crippen LogP contribution in [-0.2, 0) is 14.3 Å². The summed E-state index contributed by atoms with van der Waals surface area (Å²) >= 11 is 0. The molecule has 27 heavy (non-hydrogen) atoms. The molecular formula is C20H27NO6. The average Bonchev–Trinajstić information content (AvgIpc) is 2.70. The van der Waals surface area contributed by atoms with Crippen molar-refractivity contribution in [3.63, 3.8) is 0 Å². The number of methoxy groups -OCH3 is 3. The van der Waals surface area contributed by atoms with E-state index in [-0.39, 0.29) is 18.6 Å². The highest BCUT2D eigenvalue weighted by Crippen LogP contribution is 2.38. The Kier molecular flexibility index (Phi) is 7.98. The monoisotopic (exact) mass is 377 g/mol. The second kappa shape index (κ2) is 10.4. The minimum Gasteiger partial charge on any atom is -0.493 e. The van der Waals surface area contributed by atoms with E-state index < -0.39 is 5.97 Å². The molecule has 1 aliphatic carbocycles. The zero-order chi connectivity index (χ0) is 19.6. The highest BCUT2D eigenvalue weighted by molar-refractivity contribution is 5.89. The molecule has 1 amide bonds. The van der Waals surface area contributed by atoms with Gasteiger partial charge in [0.1, 0.15) is 0 Å². The number of hydrogen-bond donors (Lipinski definition) is 1. The summed E-state index contributed by atoms with van der Waals surface area (Å²) < 4.78 is 20.8. The molecule has 1 saturated carbocycles. The van der Waals surface area contributed by atoms with E-state index in [1.54, 1.807) is 18.2 Å². The van der Waals surface area contributed by atoms with Crippen molar-refractivity contribution < 1.29 is 28.5 Å². The molecule has 1 aromatic carbocycles. The molecule has 0 aliphatic heterocycles. The third kappa shape index (κ3) is 6.20. The van der Waals surface area contributed by atoms with Crippen molar-refractivity contribution in [2.24, 2.45) is 0 Å². The zero-order valence-electron chi connectivity index (χ0n) is 16.1. The number of ether oxygens (including phenoxy) is 4. The molecule has 0 unspecified atom stereocenters. The van der Waals surface area contributed by atoms with E-state index in [0.717, 1.165) is 25.7 Å². The Labute approximate surface area is 159 Å². The number of nitrogens with one attached hydrogen (secondary N) is 1. The normalized spacial score (nSPS) is 14.6. The largest absolute Gasteiger partial charge is 0.493 e. The van der Waals surface area contributed by atoms with Crippen LogP contribution >= 0.6 is 0 Å². The standard InChI is InChI=1S/C20H27NO6/c1-24-16-11-14(12-17(25-2)20(16)26-3)9-10-19(23)27-13-18(22)21-15-7-5-4-6-8-15/h9-12,15H,4-8,13H2,1-3H3,(H,21,22). The van der Waals surface area contributed by atoms with E-state index in [1.807, 2.05) is 0 Å². The maximum absolute atomic E-state index is 11.9. The van der Waals surface area contributed by atoms with Gasteiger partial charge in [-0.15, -0.1) is 0 Å². The first-order valence-corrected chi connectivity index (χ1v) is 9.01. The quantitative estimate of drug-likeness (QED) is 0.554. The van der Waals surface area contributed by atoms with Crippen LogP contribution in [-0.4, -0.2) is 45.9 Å². The van der Waals surface area contributed by atoms with E-state index in [4.69, 9.17) is 18.9 Å². The van der Waals surface area contributed by atoms with Crippen LogP contribution in [0.3, 0.4) is 0 Å².